The summed E-state index contributed by atoms with van der Waals surface area (Å²) in [5, 5.41) is 10.7. The molecule has 1 aliphatic heterocycles. The molecule has 1 saturated carbocycles. The van der Waals surface area contributed by atoms with E-state index in [2.05, 4.69) is 15.5 Å². The minimum atomic E-state index is -0.468. The fraction of sp³-hybridized carbons (Fsp3) is 0.444. The van der Waals surface area contributed by atoms with E-state index in [1.54, 1.807) is 0 Å². The highest BCUT2D eigenvalue weighted by atomic mass is 16.7. The Hall–Kier alpha value is -2.50. The molecule has 2 heterocycles. The van der Waals surface area contributed by atoms with Crippen LogP contribution in [0.15, 0.2) is 18.2 Å². The number of anilines is 1. The summed E-state index contributed by atoms with van der Waals surface area (Å²) < 4.78 is 10.8. The van der Waals surface area contributed by atoms with E-state index in [4.69, 9.17) is 9.47 Å². The zero-order chi connectivity index (χ0) is 16.9. The number of fused-ring (bicyclic) bond motifs is 1. The zero-order valence-corrected chi connectivity index (χ0v) is 14.1. The van der Waals surface area contributed by atoms with Gasteiger partial charge >= 0.3 is 0 Å². The van der Waals surface area contributed by atoms with Crippen molar-refractivity contribution in [3.63, 3.8) is 0 Å². The maximum Gasteiger partial charge on any atom is 0.231 e. The van der Waals surface area contributed by atoms with Gasteiger partial charge in [-0.15, -0.1) is 0 Å². The number of carbonyl (C=O) groups is 1. The van der Waals surface area contributed by atoms with Gasteiger partial charge in [0.05, 0.1) is 11.4 Å². The van der Waals surface area contributed by atoms with Crippen molar-refractivity contribution < 1.29 is 14.3 Å². The molecule has 0 bridgehead atoms. The number of H-pyrrole nitrogens is 1. The van der Waals surface area contributed by atoms with Crippen LogP contribution in [0.4, 0.5) is 5.69 Å². The van der Waals surface area contributed by atoms with Gasteiger partial charge in [-0.1, -0.05) is 20.8 Å². The van der Waals surface area contributed by atoms with Crippen molar-refractivity contribution in [2.45, 2.75) is 39.5 Å². The average molecular weight is 327 g/mol. The summed E-state index contributed by atoms with van der Waals surface area (Å²) in [6, 6.07) is 5.72. The Morgan fingerprint density at radius 3 is 2.71 bits per heavy atom. The van der Waals surface area contributed by atoms with Crippen molar-refractivity contribution in [1.29, 1.82) is 0 Å². The molecule has 0 saturated heterocycles. The number of nitrogens with zero attached hydrogens (tertiary/aromatic N) is 1. The number of hydrogen-bond donors (Lipinski definition) is 2. The van der Waals surface area contributed by atoms with E-state index in [9.17, 15) is 4.79 Å². The van der Waals surface area contributed by atoms with Crippen LogP contribution >= 0.6 is 0 Å². The number of benzene rings is 1. The first-order valence-corrected chi connectivity index (χ1v) is 8.23. The molecule has 1 aromatic heterocycles. The van der Waals surface area contributed by atoms with Crippen molar-refractivity contribution in [1.82, 2.24) is 10.2 Å². The summed E-state index contributed by atoms with van der Waals surface area (Å²) in [5.41, 5.74) is 2.97. The van der Waals surface area contributed by atoms with Gasteiger partial charge < -0.3 is 14.8 Å². The number of rotatable bonds is 3. The Balaban J connectivity index is 1.74. The van der Waals surface area contributed by atoms with Gasteiger partial charge in [0.2, 0.25) is 12.7 Å². The summed E-state index contributed by atoms with van der Waals surface area (Å²) in [5.74, 6) is 1.87. The van der Waals surface area contributed by atoms with Crippen LogP contribution in [0, 0.1) is 5.41 Å². The summed E-state index contributed by atoms with van der Waals surface area (Å²) >= 11 is 0. The fourth-order valence-corrected chi connectivity index (χ4v) is 2.70. The van der Waals surface area contributed by atoms with Crippen molar-refractivity contribution in [2.75, 3.05) is 12.1 Å². The molecule has 2 N–H and O–H groups in total. The van der Waals surface area contributed by atoms with Crippen LogP contribution in [-0.4, -0.2) is 22.9 Å². The van der Waals surface area contributed by atoms with Crippen molar-refractivity contribution in [3.8, 4) is 22.8 Å². The largest absolute Gasteiger partial charge is 0.454 e. The van der Waals surface area contributed by atoms with Crippen LogP contribution < -0.4 is 14.8 Å². The topological polar surface area (TPSA) is 76.2 Å². The maximum absolute atomic E-state index is 12.5. The summed E-state index contributed by atoms with van der Waals surface area (Å²) in [6.45, 7) is 5.94. The molecule has 6 nitrogen and oxygen atoms in total. The minimum Gasteiger partial charge on any atom is -0.454 e. The molecule has 0 atom stereocenters. The molecule has 1 fully saturated rings. The van der Waals surface area contributed by atoms with E-state index in [1.807, 2.05) is 39.0 Å². The highest BCUT2D eigenvalue weighted by molar-refractivity contribution is 5.98. The van der Waals surface area contributed by atoms with E-state index < -0.39 is 5.41 Å². The molecule has 0 radical (unpaired) electrons. The quantitative estimate of drug-likeness (QED) is 0.902. The third-order valence-electron chi connectivity index (χ3n) is 4.35. The normalized spacial score (nSPS) is 16.3. The lowest BCUT2D eigenvalue weighted by atomic mass is 9.95. The first kappa shape index (κ1) is 15.1. The van der Waals surface area contributed by atoms with Gasteiger partial charge in [0.1, 0.15) is 5.69 Å². The lowest BCUT2D eigenvalue weighted by Gasteiger charge is -2.18. The molecular formula is C18H21N3O3. The second kappa shape index (κ2) is 5.26. The molecule has 0 unspecified atom stereocenters. The second-order valence-electron chi connectivity index (χ2n) is 7.41. The monoisotopic (exact) mass is 327 g/mol. The first-order chi connectivity index (χ1) is 11.4. The summed E-state index contributed by atoms with van der Waals surface area (Å²) in [4.78, 5) is 12.5. The Kier molecular flexibility index (Phi) is 3.30. The third kappa shape index (κ3) is 2.62. The van der Waals surface area contributed by atoms with Gasteiger partial charge in [-0.3, -0.25) is 9.89 Å². The number of nitrogens with one attached hydrogen (secondary N) is 2. The zero-order valence-electron chi connectivity index (χ0n) is 14.1. The maximum atomic E-state index is 12.5. The number of ether oxygens (including phenoxy) is 2. The Morgan fingerprint density at radius 2 is 2.00 bits per heavy atom. The van der Waals surface area contributed by atoms with Crippen molar-refractivity contribution >= 4 is 11.6 Å². The summed E-state index contributed by atoms with van der Waals surface area (Å²) in [6.07, 6.45) is 2.25. The van der Waals surface area contributed by atoms with Gasteiger partial charge in [0.25, 0.3) is 0 Å². The van der Waals surface area contributed by atoms with Crippen LogP contribution in [0.3, 0.4) is 0 Å². The molecular weight excluding hydrogens is 306 g/mol. The Labute approximate surface area is 140 Å². The molecule has 1 amide bonds. The molecule has 1 aromatic carbocycles. The number of carbonyl (C=O) groups excluding carboxylic acids is 1. The van der Waals surface area contributed by atoms with Crippen LogP contribution in [-0.2, 0) is 4.79 Å². The predicted octanol–water partition coefficient (Wildman–Crippen LogP) is 3.67. The molecule has 24 heavy (non-hydrogen) atoms. The van der Waals surface area contributed by atoms with E-state index in [0.29, 0.717) is 11.7 Å². The Morgan fingerprint density at radius 1 is 1.25 bits per heavy atom. The van der Waals surface area contributed by atoms with Crippen molar-refractivity contribution in [2.24, 2.45) is 5.41 Å². The number of aromatic nitrogens is 2. The van der Waals surface area contributed by atoms with Gasteiger partial charge in [0, 0.05) is 16.9 Å². The smallest absolute Gasteiger partial charge is 0.231 e. The van der Waals surface area contributed by atoms with Crippen LogP contribution in [0.2, 0.25) is 0 Å². The van der Waals surface area contributed by atoms with Gasteiger partial charge in [-0.05, 0) is 31.0 Å². The lowest BCUT2D eigenvalue weighted by molar-refractivity contribution is -0.123. The number of aromatic amines is 1. The second-order valence-corrected chi connectivity index (χ2v) is 7.41. The molecule has 6 heteroatoms. The number of hydrogen-bond acceptors (Lipinski definition) is 4. The molecule has 2 aromatic rings. The van der Waals surface area contributed by atoms with E-state index in [1.165, 1.54) is 0 Å². The highest BCUT2D eigenvalue weighted by Crippen LogP contribution is 2.46. The highest BCUT2D eigenvalue weighted by Gasteiger charge is 2.32. The van der Waals surface area contributed by atoms with Crippen LogP contribution in [0.25, 0.3) is 11.3 Å². The standard InChI is InChI=1S/C18H21N3O3/c1-18(2,3)17(22)19-16-14(10-4-5-10)20-21-15(16)11-6-7-12-13(8-11)24-9-23-12/h6-8,10H,4-5,9H2,1-3H3,(H,19,22)(H,20,21). The molecule has 4 rings (SSSR count). The SMILES string of the molecule is CC(C)(C)C(=O)Nc1c(-c2ccc3c(c2)OCO3)n[nH]c1C1CC1. The number of amides is 1. The van der Waals surface area contributed by atoms with Crippen molar-refractivity contribution in [3.05, 3.63) is 23.9 Å². The van der Waals surface area contributed by atoms with Gasteiger partial charge in [0.15, 0.2) is 11.5 Å². The van der Waals surface area contributed by atoms with E-state index in [0.717, 1.165) is 41.2 Å². The van der Waals surface area contributed by atoms with Crippen LogP contribution in [0.5, 0.6) is 11.5 Å². The Bertz CT molecular complexity index is 800. The average Bonchev–Trinajstić information content (AvgIpc) is 3.12. The summed E-state index contributed by atoms with van der Waals surface area (Å²) in [7, 11) is 0. The fourth-order valence-electron chi connectivity index (χ4n) is 2.70. The molecule has 2 aliphatic rings. The van der Waals surface area contributed by atoms with Gasteiger partial charge in [-0.2, -0.15) is 5.10 Å². The van der Waals surface area contributed by atoms with Crippen LogP contribution in [0.1, 0.15) is 45.2 Å². The van der Waals surface area contributed by atoms with E-state index >= 15 is 0 Å². The van der Waals surface area contributed by atoms with E-state index in [-0.39, 0.29) is 12.7 Å². The van der Waals surface area contributed by atoms with Gasteiger partial charge in [-0.25, -0.2) is 0 Å². The molecule has 126 valence electrons. The predicted molar refractivity (Wildman–Crippen MR) is 90.2 cm³/mol. The molecule has 1 aliphatic carbocycles. The minimum absolute atomic E-state index is 0.0206. The lowest BCUT2D eigenvalue weighted by Crippen LogP contribution is -2.28. The molecule has 0 spiro atoms. The first-order valence-electron chi connectivity index (χ1n) is 8.23. The third-order valence-corrected chi connectivity index (χ3v) is 4.35.